The fraction of sp³-hybridized carbons (Fsp3) is 0.500. The van der Waals surface area contributed by atoms with E-state index in [0.29, 0.717) is 36.4 Å². The van der Waals surface area contributed by atoms with Gasteiger partial charge in [0, 0.05) is 18.2 Å². The Bertz CT molecular complexity index is 1100. The molecule has 2 aromatic carbocycles. The highest BCUT2D eigenvalue weighted by atomic mass is 16.5. The Balaban J connectivity index is 1.41. The van der Waals surface area contributed by atoms with E-state index in [1.165, 1.54) is 6.42 Å². The highest BCUT2D eigenvalue weighted by Gasteiger charge is 2.41. The minimum absolute atomic E-state index is 0.0841. The molecular weight excluding hydrogens is 482 g/mol. The first-order chi connectivity index (χ1) is 18.3. The molecule has 8 nitrogen and oxygen atoms in total. The minimum Gasteiger partial charge on any atom is -0.457 e. The molecule has 1 saturated carbocycles. The number of hydrogen-bond donors (Lipinski definition) is 3. The van der Waals surface area contributed by atoms with E-state index < -0.39 is 24.1 Å². The number of ether oxygens (including phenoxy) is 1. The molecule has 204 valence electrons. The summed E-state index contributed by atoms with van der Waals surface area (Å²) in [6.45, 7) is 4.18. The number of aliphatic hydroxyl groups is 1. The van der Waals surface area contributed by atoms with Crippen LogP contribution < -0.4 is 15.4 Å². The summed E-state index contributed by atoms with van der Waals surface area (Å²) in [6.07, 6.45) is 5.11. The summed E-state index contributed by atoms with van der Waals surface area (Å²) in [5.74, 6) is -0.0972. The maximum atomic E-state index is 13.6. The van der Waals surface area contributed by atoms with Crippen molar-refractivity contribution in [3.05, 3.63) is 60.2 Å². The maximum Gasteiger partial charge on any atom is 0.252 e. The van der Waals surface area contributed by atoms with Crippen LogP contribution in [0.15, 0.2) is 54.6 Å². The van der Waals surface area contributed by atoms with Crippen molar-refractivity contribution in [1.29, 1.82) is 0 Å². The number of likely N-dealkylation sites (tertiary alicyclic amines) is 1. The zero-order valence-electron chi connectivity index (χ0n) is 22.3. The Kier molecular flexibility index (Phi) is 9.39. The second-order valence-corrected chi connectivity index (χ2v) is 10.7. The molecule has 3 atom stereocenters. The number of rotatable bonds is 9. The van der Waals surface area contributed by atoms with Crippen LogP contribution in [0.1, 0.15) is 69.2 Å². The van der Waals surface area contributed by atoms with Crippen LogP contribution >= 0.6 is 0 Å². The summed E-state index contributed by atoms with van der Waals surface area (Å²) in [6, 6.07) is 14.8. The van der Waals surface area contributed by atoms with Crippen LogP contribution in [0.4, 0.5) is 0 Å². The molecule has 38 heavy (non-hydrogen) atoms. The SMILES string of the molecule is CC(C)[C@H](NC(=O)c1cccc(Oc2ccccc2)c1)C(=O)N1CCCC1C(O)C(=O)NC1CCCCC1. The minimum atomic E-state index is -1.29. The molecule has 2 aromatic rings. The van der Waals surface area contributed by atoms with E-state index in [4.69, 9.17) is 4.74 Å². The van der Waals surface area contributed by atoms with Gasteiger partial charge in [0.2, 0.25) is 5.91 Å². The van der Waals surface area contributed by atoms with Gasteiger partial charge in [0.15, 0.2) is 6.10 Å². The third kappa shape index (κ3) is 6.92. The lowest BCUT2D eigenvalue weighted by molar-refractivity contribution is -0.141. The van der Waals surface area contributed by atoms with Crippen LogP contribution in [0.5, 0.6) is 11.5 Å². The average Bonchev–Trinajstić information content (AvgIpc) is 3.42. The lowest BCUT2D eigenvalue weighted by Gasteiger charge is -2.33. The Labute approximate surface area is 224 Å². The summed E-state index contributed by atoms with van der Waals surface area (Å²) in [4.78, 5) is 41.2. The Morgan fingerprint density at radius 2 is 1.63 bits per heavy atom. The molecule has 0 radical (unpaired) electrons. The van der Waals surface area contributed by atoms with Crippen LogP contribution in [0.3, 0.4) is 0 Å². The van der Waals surface area contributed by atoms with Crippen LogP contribution in [0.25, 0.3) is 0 Å². The third-order valence-corrected chi connectivity index (χ3v) is 7.46. The van der Waals surface area contributed by atoms with Gasteiger partial charge < -0.3 is 25.4 Å². The fourth-order valence-corrected chi connectivity index (χ4v) is 5.34. The van der Waals surface area contributed by atoms with Crippen molar-refractivity contribution in [2.45, 2.75) is 83.0 Å². The second-order valence-electron chi connectivity index (χ2n) is 10.7. The van der Waals surface area contributed by atoms with E-state index in [0.717, 1.165) is 25.7 Å². The van der Waals surface area contributed by atoms with Crippen molar-refractivity contribution >= 4 is 17.7 Å². The smallest absolute Gasteiger partial charge is 0.252 e. The standard InChI is InChI=1S/C30H39N3O5/c1-20(2)26(32-28(35)21-11-9-16-24(19-21)38-23-14-7-4-8-15-23)30(37)33-18-10-17-25(33)27(34)29(36)31-22-12-5-3-6-13-22/h4,7-9,11,14-16,19-20,22,25-27,34H,3,5-6,10,12-13,17-18H2,1-2H3,(H,31,36)(H,32,35)/t25?,26-,27?/m0/s1. The first-order valence-corrected chi connectivity index (χ1v) is 13.8. The number of nitrogens with zero attached hydrogens (tertiary/aromatic N) is 1. The number of aliphatic hydroxyl groups excluding tert-OH is 1. The molecule has 2 aliphatic rings. The largest absolute Gasteiger partial charge is 0.457 e. The van der Waals surface area contributed by atoms with Gasteiger partial charge in [-0.25, -0.2) is 0 Å². The van der Waals surface area contributed by atoms with Crippen LogP contribution in [-0.4, -0.2) is 58.5 Å². The summed E-state index contributed by atoms with van der Waals surface area (Å²) in [7, 11) is 0. The number of nitrogens with one attached hydrogen (secondary N) is 2. The number of carbonyl (C=O) groups is 3. The van der Waals surface area contributed by atoms with Crippen LogP contribution in [0, 0.1) is 5.92 Å². The summed E-state index contributed by atoms with van der Waals surface area (Å²) >= 11 is 0. The molecule has 2 unspecified atom stereocenters. The first-order valence-electron chi connectivity index (χ1n) is 13.8. The van der Waals surface area contributed by atoms with Gasteiger partial charge in [0.25, 0.3) is 11.8 Å². The molecule has 0 aromatic heterocycles. The van der Waals surface area contributed by atoms with Crippen molar-refractivity contribution in [3.63, 3.8) is 0 Å². The number of para-hydroxylation sites is 1. The van der Waals surface area contributed by atoms with Crippen molar-refractivity contribution in [1.82, 2.24) is 15.5 Å². The Morgan fingerprint density at radius 3 is 2.34 bits per heavy atom. The molecule has 2 fully saturated rings. The highest BCUT2D eigenvalue weighted by Crippen LogP contribution is 2.25. The van der Waals surface area contributed by atoms with Crippen molar-refractivity contribution < 1.29 is 24.2 Å². The van der Waals surface area contributed by atoms with E-state index in [9.17, 15) is 19.5 Å². The zero-order valence-corrected chi connectivity index (χ0v) is 22.3. The lowest BCUT2D eigenvalue weighted by Crippen LogP contribution is -2.57. The third-order valence-electron chi connectivity index (χ3n) is 7.46. The molecule has 1 heterocycles. The van der Waals surface area contributed by atoms with Gasteiger partial charge in [-0.15, -0.1) is 0 Å². The maximum absolute atomic E-state index is 13.6. The first kappa shape index (κ1) is 27.6. The van der Waals surface area contributed by atoms with E-state index in [-0.39, 0.29) is 23.8 Å². The predicted octanol–water partition coefficient (Wildman–Crippen LogP) is 4.03. The van der Waals surface area contributed by atoms with Gasteiger partial charge in [-0.3, -0.25) is 14.4 Å². The van der Waals surface area contributed by atoms with E-state index in [2.05, 4.69) is 10.6 Å². The average molecular weight is 522 g/mol. The van der Waals surface area contributed by atoms with Gasteiger partial charge in [-0.2, -0.15) is 0 Å². The summed E-state index contributed by atoms with van der Waals surface area (Å²) < 4.78 is 5.85. The molecule has 1 aliphatic heterocycles. The molecule has 3 amide bonds. The number of benzene rings is 2. The molecule has 8 heteroatoms. The van der Waals surface area contributed by atoms with Gasteiger partial charge >= 0.3 is 0 Å². The van der Waals surface area contributed by atoms with Gasteiger partial charge in [0.05, 0.1) is 6.04 Å². The molecule has 1 aliphatic carbocycles. The second kappa shape index (κ2) is 12.9. The predicted molar refractivity (Wildman–Crippen MR) is 145 cm³/mol. The monoisotopic (exact) mass is 521 g/mol. The molecular formula is C30H39N3O5. The fourth-order valence-electron chi connectivity index (χ4n) is 5.34. The zero-order chi connectivity index (χ0) is 27.1. The molecule has 0 bridgehead atoms. The molecule has 3 N–H and O–H groups in total. The highest BCUT2D eigenvalue weighted by molar-refractivity contribution is 5.98. The lowest BCUT2D eigenvalue weighted by atomic mass is 9.95. The topological polar surface area (TPSA) is 108 Å². The Hall–Kier alpha value is -3.39. The number of amides is 3. The van der Waals surface area contributed by atoms with Crippen LogP contribution in [0.2, 0.25) is 0 Å². The van der Waals surface area contributed by atoms with Gasteiger partial charge in [-0.1, -0.05) is 57.4 Å². The van der Waals surface area contributed by atoms with Crippen molar-refractivity contribution in [2.24, 2.45) is 5.92 Å². The van der Waals surface area contributed by atoms with Crippen molar-refractivity contribution in [2.75, 3.05) is 6.54 Å². The summed E-state index contributed by atoms with van der Waals surface area (Å²) in [5, 5.41) is 16.8. The normalized spacial score (nSPS) is 19.6. The number of carbonyl (C=O) groups excluding carboxylic acids is 3. The van der Waals surface area contributed by atoms with E-state index in [1.807, 2.05) is 44.2 Å². The van der Waals surface area contributed by atoms with E-state index in [1.54, 1.807) is 29.2 Å². The number of hydrogen-bond acceptors (Lipinski definition) is 5. The molecule has 0 spiro atoms. The van der Waals surface area contributed by atoms with Gasteiger partial charge in [0.1, 0.15) is 17.5 Å². The van der Waals surface area contributed by atoms with E-state index >= 15 is 0 Å². The molecule has 1 saturated heterocycles. The van der Waals surface area contributed by atoms with Crippen LogP contribution in [-0.2, 0) is 9.59 Å². The quantitative estimate of drug-likeness (QED) is 0.462. The molecule has 4 rings (SSSR count). The summed E-state index contributed by atoms with van der Waals surface area (Å²) in [5.41, 5.74) is 0.377. The Morgan fingerprint density at radius 1 is 0.921 bits per heavy atom. The van der Waals surface area contributed by atoms with Crippen molar-refractivity contribution in [3.8, 4) is 11.5 Å². The van der Waals surface area contributed by atoms with Gasteiger partial charge in [-0.05, 0) is 61.9 Å².